The van der Waals surface area contributed by atoms with Crippen LogP contribution in [0.2, 0.25) is 0 Å². The Bertz CT molecular complexity index is 619. The minimum Gasteiger partial charge on any atom is -0.444 e. The molecule has 0 radical (unpaired) electrons. The third kappa shape index (κ3) is 9.61. The predicted molar refractivity (Wildman–Crippen MR) is 122 cm³/mol. The predicted octanol–water partition coefficient (Wildman–Crippen LogP) is 3.61. The van der Waals surface area contributed by atoms with E-state index in [2.05, 4.69) is 20.6 Å². The van der Waals surface area contributed by atoms with Crippen LogP contribution in [0.5, 0.6) is 0 Å². The van der Waals surface area contributed by atoms with Crippen LogP contribution in [-0.4, -0.2) is 53.7 Å². The maximum Gasteiger partial charge on any atom is 0.410 e. The number of carbonyl (C=O) groups is 1. The van der Waals surface area contributed by atoms with Crippen LogP contribution in [0, 0.1) is 13.8 Å². The Balaban J connectivity index is 0.00000729. The van der Waals surface area contributed by atoms with Crippen molar-refractivity contribution in [2.45, 2.75) is 73.1 Å². The SMILES string of the molecule is CN=C(NCCCN(C(=O)OC(C)(C)C)C(C)C)NCc1nc(C)c(C)o1.I. The lowest BCUT2D eigenvalue weighted by Gasteiger charge is -2.30. The van der Waals surface area contributed by atoms with Crippen molar-refractivity contribution in [3.63, 3.8) is 0 Å². The molecule has 0 fully saturated rings. The van der Waals surface area contributed by atoms with E-state index in [1.807, 2.05) is 48.5 Å². The average molecular weight is 509 g/mol. The molecule has 0 aliphatic carbocycles. The van der Waals surface area contributed by atoms with Crippen LogP contribution in [0.4, 0.5) is 4.79 Å². The molecule has 1 aromatic heterocycles. The van der Waals surface area contributed by atoms with Gasteiger partial charge in [-0.05, 0) is 54.9 Å². The highest BCUT2D eigenvalue weighted by molar-refractivity contribution is 14.0. The molecule has 2 N–H and O–H groups in total. The van der Waals surface area contributed by atoms with E-state index < -0.39 is 5.60 Å². The summed E-state index contributed by atoms with van der Waals surface area (Å²) in [7, 11) is 1.71. The summed E-state index contributed by atoms with van der Waals surface area (Å²) in [5.74, 6) is 2.12. The molecule has 162 valence electrons. The summed E-state index contributed by atoms with van der Waals surface area (Å²) < 4.78 is 11.0. The third-order valence-corrected chi connectivity index (χ3v) is 3.82. The largest absolute Gasteiger partial charge is 0.444 e. The zero-order valence-electron chi connectivity index (χ0n) is 18.4. The number of ether oxygens (including phenoxy) is 1. The second kappa shape index (κ2) is 12.1. The summed E-state index contributed by atoms with van der Waals surface area (Å²) in [6.07, 6.45) is 0.490. The molecule has 1 heterocycles. The number of guanidine groups is 1. The van der Waals surface area contributed by atoms with E-state index in [0.29, 0.717) is 31.5 Å². The highest BCUT2D eigenvalue weighted by atomic mass is 127. The van der Waals surface area contributed by atoms with E-state index >= 15 is 0 Å². The topological polar surface area (TPSA) is 92.0 Å². The van der Waals surface area contributed by atoms with Gasteiger partial charge >= 0.3 is 6.09 Å². The first kappa shape index (κ1) is 26.5. The molecule has 1 amide bonds. The lowest BCUT2D eigenvalue weighted by Crippen LogP contribution is -2.43. The number of aromatic nitrogens is 1. The molecule has 0 aliphatic rings. The van der Waals surface area contributed by atoms with Gasteiger partial charge in [0.05, 0.1) is 12.2 Å². The molecule has 0 aliphatic heterocycles. The number of aliphatic imine (C=N–C) groups is 1. The van der Waals surface area contributed by atoms with Crippen LogP contribution in [-0.2, 0) is 11.3 Å². The molecule has 28 heavy (non-hydrogen) atoms. The van der Waals surface area contributed by atoms with Crippen molar-refractivity contribution >= 4 is 36.0 Å². The van der Waals surface area contributed by atoms with Crippen LogP contribution < -0.4 is 10.6 Å². The minimum atomic E-state index is -0.495. The zero-order chi connectivity index (χ0) is 20.6. The fourth-order valence-corrected chi connectivity index (χ4v) is 2.33. The van der Waals surface area contributed by atoms with E-state index in [0.717, 1.165) is 17.9 Å². The first-order valence-electron chi connectivity index (χ1n) is 9.40. The minimum absolute atomic E-state index is 0. The van der Waals surface area contributed by atoms with Gasteiger partial charge in [0.25, 0.3) is 0 Å². The van der Waals surface area contributed by atoms with Crippen molar-refractivity contribution in [2.24, 2.45) is 4.99 Å². The summed E-state index contributed by atoms with van der Waals surface area (Å²) in [6.45, 7) is 15.1. The number of carbonyl (C=O) groups excluding carboxylic acids is 1. The summed E-state index contributed by atoms with van der Waals surface area (Å²) in [6, 6.07) is 0.0776. The van der Waals surface area contributed by atoms with E-state index in [-0.39, 0.29) is 36.1 Å². The zero-order valence-corrected chi connectivity index (χ0v) is 20.7. The molecular formula is C19H36IN5O3. The molecule has 0 atom stereocenters. The van der Waals surface area contributed by atoms with E-state index in [4.69, 9.17) is 9.15 Å². The molecule has 1 rings (SSSR count). The van der Waals surface area contributed by atoms with Gasteiger partial charge in [-0.2, -0.15) is 0 Å². The normalized spacial score (nSPS) is 11.8. The third-order valence-electron chi connectivity index (χ3n) is 3.82. The second-order valence-electron chi connectivity index (χ2n) is 7.72. The number of aryl methyl sites for hydroxylation is 2. The van der Waals surface area contributed by atoms with Crippen LogP contribution >= 0.6 is 24.0 Å². The number of rotatable bonds is 7. The number of nitrogens with zero attached hydrogens (tertiary/aromatic N) is 3. The molecule has 8 nitrogen and oxygen atoms in total. The Kier molecular flexibility index (Phi) is 11.5. The quantitative estimate of drug-likeness (QED) is 0.253. The fourth-order valence-electron chi connectivity index (χ4n) is 2.33. The molecule has 0 saturated carbocycles. The van der Waals surface area contributed by atoms with Crippen molar-refractivity contribution in [2.75, 3.05) is 20.1 Å². The van der Waals surface area contributed by atoms with Crippen molar-refractivity contribution in [1.82, 2.24) is 20.5 Å². The number of halogens is 1. The summed E-state index contributed by atoms with van der Waals surface area (Å²) in [5, 5.41) is 6.40. The smallest absolute Gasteiger partial charge is 0.410 e. The van der Waals surface area contributed by atoms with Crippen LogP contribution in [0.3, 0.4) is 0 Å². The number of hydrogen-bond acceptors (Lipinski definition) is 5. The lowest BCUT2D eigenvalue weighted by atomic mass is 10.2. The molecule has 0 aromatic carbocycles. The number of oxazole rings is 1. The second-order valence-corrected chi connectivity index (χ2v) is 7.72. The maximum absolute atomic E-state index is 12.3. The summed E-state index contributed by atoms with van der Waals surface area (Å²) >= 11 is 0. The van der Waals surface area contributed by atoms with Crippen molar-refractivity contribution < 1.29 is 13.9 Å². The van der Waals surface area contributed by atoms with Crippen LogP contribution in [0.1, 0.15) is 58.4 Å². The first-order valence-corrected chi connectivity index (χ1v) is 9.40. The van der Waals surface area contributed by atoms with E-state index in [1.165, 1.54) is 0 Å². The van der Waals surface area contributed by atoms with Crippen molar-refractivity contribution in [3.8, 4) is 0 Å². The number of amides is 1. The van der Waals surface area contributed by atoms with Crippen LogP contribution in [0.25, 0.3) is 0 Å². The monoisotopic (exact) mass is 509 g/mol. The van der Waals surface area contributed by atoms with Crippen molar-refractivity contribution in [3.05, 3.63) is 17.3 Å². The Morgan fingerprint density at radius 1 is 1.29 bits per heavy atom. The highest BCUT2D eigenvalue weighted by Crippen LogP contribution is 2.12. The van der Waals surface area contributed by atoms with E-state index in [1.54, 1.807) is 11.9 Å². The first-order chi connectivity index (χ1) is 12.5. The van der Waals surface area contributed by atoms with Gasteiger partial charge in [-0.1, -0.05) is 0 Å². The Morgan fingerprint density at radius 2 is 1.93 bits per heavy atom. The van der Waals surface area contributed by atoms with E-state index in [9.17, 15) is 4.79 Å². The van der Waals surface area contributed by atoms with Gasteiger partial charge in [-0.15, -0.1) is 24.0 Å². The van der Waals surface area contributed by atoms with Gasteiger partial charge in [0.1, 0.15) is 11.4 Å². The van der Waals surface area contributed by atoms with Crippen molar-refractivity contribution in [1.29, 1.82) is 0 Å². The Labute approximate surface area is 185 Å². The van der Waals surface area contributed by atoms with Gasteiger partial charge in [-0.3, -0.25) is 4.99 Å². The summed E-state index contributed by atoms with van der Waals surface area (Å²) in [5.41, 5.74) is 0.399. The molecule has 0 saturated heterocycles. The molecule has 1 aromatic rings. The standard InChI is InChI=1S/C19H35N5O3.HI/c1-13(2)24(18(25)27-19(5,6)7)11-9-10-21-17(20-8)22-12-16-23-14(3)15(4)26-16;/h13H,9-12H2,1-8H3,(H2,20,21,22);1H. The summed E-state index contributed by atoms with van der Waals surface area (Å²) in [4.78, 5) is 22.6. The molecule has 9 heteroatoms. The Hall–Kier alpha value is -1.52. The van der Waals surface area contributed by atoms with Gasteiger partial charge < -0.3 is 24.7 Å². The van der Waals surface area contributed by atoms with Gasteiger partial charge in [0.2, 0.25) is 5.89 Å². The van der Waals surface area contributed by atoms with Gasteiger partial charge in [0.15, 0.2) is 5.96 Å². The number of hydrogen-bond donors (Lipinski definition) is 2. The highest BCUT2D eigenvalue weighted by Gasteiger charge is 2.23. The molecular weight excluding hydrogens is 473 g/mol. The van der Waals surface area contributed by atoms with Gasteiger partial charge in [0, 0.05) is 26.2 Å². The fraction of sp³-hybridized carbons (Fsp3) is 0.737. The molecule has 0 spiro atoms. The molecule has 0 unspecified atom stereocenters. The lowest BCUT2D eigenvalue weighted by molar-refractivity contribution is 0.0190. The average Bonchev–Trinajstić information content (AvgIpc) is 2.86. The Morgan fingerprint density at radius 3 is 2.39 bits per heavy atom. The number of nitrogens with one attached hydrogen (secondary N) is 2. The maximum atomic E-state index is 12.3. The van der Waals surface area contributed by atoms with Crippen LogP contribution in [0.15, 0.2) is 9.41 Å². The van der Waals surface area contributed by atoms with Gasteiger partial charge in [-0.25, -0.2) is 9.78 Å². The molecule has 0 bridgehead atoms.